The number of hydrogen-bond donors (Lipinski definition) is 2. The Morgan fingerprint density at radius 1 is 1.10 bits per heavy atom. The second-order valence-corrected chi connectivity index (χ2v) is 5.12. The van der Waals surface area contributed by atoms with Crippen molar-refractivity contribution in [3.05, 3.63) is 63.4 Å². The summed E-state index contributed by atoms with van der Waals surface area (Å²) in [5.41, 5.74) is 5.25. The molecule has 21 heavy (non-hydrogen) atoms. The number of hydrogen-bond acceptors (Lipinski definition) is 2. The lowest BCUT2D eigenvalue weighted by atomic mass is 10.1. The van der Waals surface area contributed by atoms with Crippen LogP contribution in [0.25, 0.3) is 0 Å². The van der Waals surface area contributed by atoms with Crippen molar-refractivity contribution in [3.8, 4) is 0 Å². The molecule has 110 valence electrons. The highest BCUT2D eigenvalue weighted by atomic mass is 79.9. The number of halogens is 4. The molecule has 0 spiro atoms. The lowest BCUT2D eigenvalue weighted by Gasteiger charge is -2.10. The molecule has 2 rings (SSSR count). The van der Waals surface area contributed by atoms with E-state index in [9.17, 15) is 18.0 Å². The Morgan fingerprint density at radius 3 is 2.48 bits per heavy atom. The number of benzene rings is 2. The molecule has 3 N–H and O–H groups in total. The van der Waals surface area contributed by atoms with Crippen molar-refractivity contribution in [3.63, 3.8) is 0 Å². The summed E-state index contributed by atoms with van der Waals surface area (Å²) in [6.45, 7) is -0.120. The largest absolute Gasteiger partial charge is 0.378 e. The fourth-order valence-electron chi connectivity index (χ4n) is 1.71. The Bertz CT molecular complexity index is 707. The molecule has 0 atom stereocenters. The van der Waals surface area contributed by atoms with E-state index < -0.39 is 23.4 Å². The third-order valence-corrected chi connectivity index (χ3v) is 3.42. The second-order valence-electron chi connectivity index (χ2n) is 4.27. The van der Waals surface area contributed by atoms with Gasteiger partial charge in [0.15, 0.2) is 0 Å². The summed E-state index contributed by atoms with van der Waals surface area (Å²) in [7, 11) is 0. The number of nitrogens with one attached hydrogen (secondary N) is 1. The van der Waals surface area contributed by atoms with Gasteiger partial charge in [0.2, 0.25) is 5.91 Å². The van der Waals surface area contributed by atoms with Crippen molar-refractivity contribution in [2.24, 2.45) is 5.73 Å². The summed E-state index contributed by atoms with van der Waals surface area (Å²) in [4.78, 5) is 11.0. The fraction of sp³-hybridized carbons (Fsp3) is 0.0714. The molecule has 0 saturated carbocycles. The molecule has 0 unspecified atom stereocenters. The first-order valence-electron chi connectivity index (χ1n) is 5.85. The van der Waals surface area contributed by atoms with Crippen molar-refractivity contribution in [1.82, 2.24) is 0 Å². The van der Waals surface area contributed by atoms with Crippen LogP contribution in [0.5, 0.6) is 0 Å². The maximum Gasteiger partial charge on any atom is 0.248 e. The van der Waals surface area contributed by atoms with Gasteiger partial charge in [0.05, 0.1) is 10.2 Å². The molecule has 0 saturated heterocycles. The van der Waals surface area contributed by atoms with E-state index in [1.807, 2.05) is 0 Å². The van der Waals surface area contributed by atoms with Crippen LogP contribution in [0.2, 0.25) is 0 Å². The molecule has 2 aromatic carbocycles. The summed E-state index contributed by atoms with van der Waals surface area (Å²) in [6.07, 6.45) is 0. The number of nitrogens with two attached hydrogens (primary N) is 1. The zero-order chi connectivity index (χ0) is 15.6. The number of carbonyl (C=O) groups excluding carboxylic acids is 1. The van der Waals surface area contributed by atoms with Crippen molar-refractivity contribution in [2.75, 3.05) is 5.32 Å². The monoisotopic (exact) mass is 358 g/mol. The van der Waals surface area contributed by atoms with Gasteiger partial charge in [-0.3, -0.25) is 4.79 Å². The number of rotatable bonds is 4. The minimum Gasteiger partial charge on any atom is -0.378 e. The van der Waals surface area contributed by atoms with E-state index in [4.69, 9.17) is 5.73 Å². The summed E-state index contributed by atoms with van der Waals surface area (Å²) < 4.78 is 40.6. The van der Waals surface area contributed by atoms with Gasteiger partial charge in [0, 0.05) is 23.7 Å². The van der Waals surface area contributed by atoms with Crippen LogP contribution in [-0.4, -0.2) is 5.91 Å². The minimum absolute atomic E-state index is 0.00698. The molecule has 3 nitrogen and oxygen atoms in total. The van der Waals surface area contributed by atoms with Gasteiger partial charge in [-0.25, -0.2) is 13.2 Å². The second kappa shape index (κ2) is 6.17. The highest BCUT2D eigenvalue weighted by Crippen LogP contribution is 2.24. The lowest BCUT2D eigenvalue weighted by molar-refractivity contribution is 0.1000. The summed E-state index contributed by atoms with van der Waals surface area (Å²) in [5, 5.41) is 2.58. The molecule has 0 fully saturated rings. The standard InChI is InChI=1S/C14H10BrF3N2O/c15-9-4-12(18)13(5-11(9)17)20-6-8-3-7(14(19)21)1-2-10(8)16/h1-5,20H,6H2,(H2,19,21). The van der Waals surface area contributed by atoms with Gasteiger partial charge >= 0.3 is 0 Å². The average Bonchev–Trinajstić information content (AvgIpc) is 2.42. The Kier molecular flexibility index (Phi) is 4.52. The third kappa shape index (κ3) is 3.55. The Balaban J connectivity index is 2.22. The first-order valence-corrected chi connectivity index (χ1v) is 6.64. The highest BCUT2D eigenvalue weighted by molar-refractivity contribution is 9.10. The van der Waals surface area contributed by atoms with Crippen LogP contribution in [-0.2, 0) is 6.54 Å². The number of primary amides is 1. The van der Waals surface area contributed by atoms with Crippen LogP contribution in [0.1, 0.15) is 15.9 Å². The van der Waals surface area contributed by atoms with E-state index in [1.54, 1.807) is 0 Å². The molecule has 7 heteroatoms. The predicted octanol–water partition coefficient (Wildman–Crippen LogP) is 3.58. The molecule has 0 heterocycles. The van der Waals surface area contributed by atoms with Crippen LogP contribution in [0.3, 0.4) is 0 Å². The maximum atomic E-state index is 13.6. The van der Waals surface area contributed by atoms with E-state index in [0.29, 0.717) is 0 Å². The van der Waals surface area contributed by atoms with Crippen LogP contribution >= 0.6 is 15.9 Å². The lowest BCUT2D eigenvalue weighted by Crippen LogP contribution is -2.12. The zero-order valence-electron chi connectivity index (χ0n) is 10.6. The number of amides is 1. The molecule has 0 radical (unpaired) electrons. The average molecular weight is 359 g/mol. The van der Waals surface area contributed by atoms with E-state index >= 15 is 0 Å². The van der Waals surface area contributed by atoms with Crippen LogP contribution < -0.4 is 11.1 Å². The molecule has 2 aromatic rings. The van der Waals surface area contributed by atoms with Gasteiger partial charge in [-0.2, -0.15) is 0 Å². The molecular formula is C14H10BrF3N2O. The van der Waals surface area contributed by atoms with Gasteiger partial charge in [0.1, 0.15) is 17.5 Å². The van der Waals surface area contributed by atoms with Crippen LogP contribution in [0.15, 0.2) is 34.8 Å². The summed E-state index contributed by atoms with van der Waals surface area (Å²) >= 11 is 2.86. The molecule has 0 aliphatic carbocycles. The summed E-state index contributed by atoms with van der Waals surface area (Å²) in [5.74, 6) is -2.61. The van der Waals surface area contributed by atoms with Crippen LogP contribution in [0.4, 0.5) is 18.9 Å². The molecule has 0 bridgehead atoms. The topological polar surface area (TPSA) is 55.1 Å². The first-order chi connectivity index (χ1) is 9.88. The van der Waals surface area contributed by atoms with Gasteiger partial charge in [-0.1, -0.05) is 0 Å². The minimum atomic E-state index is -0.697. The van der Waals surface area contributed by atoms with Gasteiger partial charge in [0.25, 0.3) is 0 Å². The Morgan fingerprint density at radius 2 is 1.81 bits per heavy atom. The first kappa shape index (κ1) is 15.4. The fourth-order valence-corrected chi connectivity index (χ4v) is 2.03. The quantitative estimate of drug-likeness (QED) is 0.820. The zero-order valence-corrected chi connectivity index (χ0v) is 12.2. The molecule has 1 amide bonds. The van der Waals surface area contributed by atoms with Gasteiger partial charge in [-0.15, -0.1) is 0 Å². The molecule has 0 aliphatic heterocycles. The van der Waals surface area contributed by atoms with E-state index in [-0.39, 0.29) is 27.8 Å². The van der Waals surface area contributed by atoms with E-state index in [2.05, 4.69) is 21.2 Å². The highest BCUT2D eigenvalue weighted by Gasteiger charge is 2.10. The SMILES string of the molecule is NC(=O)c1ccc(F)c(CNc2cc(F)c(Br)cc2F)c1. The smallest absolute Gasteiger partial charge is 0.248 e. The van der Waals surface area contributed by atoms with Crippen molar-refractivity contribution < 1.29 is 18.0 Å². The number of anilines is 1. The van der Waals surface area contributed by atoms with Crippen molar-refractivity contribution >= 4 is 27.5 Å². The Labute approximate surface area is 127 Å². The summed E-state index contributed by atoms with van der Waals surface area (Å²) in [6, 6.07) is 5.53. The molecule has 0 aliphatic rings. The van der Waals surface area contributed by atoms with E-state index in [1.165, 1.54) is 12.1 Å². The molecule has 0 aromatic heterocycles. The van der Waals surface area contributed by atoms with Gasteiger partial charge < -0.3 is 11.1 Å². The third-order valence-electron chi connectivity index (χ3n) is 2.81. The van der Waals surface area contributed by atoms with Crippen molar-refractivity contribution in [2.45, 2.75) is 6.54 Å². The number of carbonyl (C=O) groups is 1. The predicted molar refractivity (Wildman–Crippen MR) is 76.3 cm³/mol. The van der Waals surface area contributed by atoms with Crippen LogP contribution in [0, 0.1) is 17.5 Å². The molecular weight excluding hydrogens is 349 g/mol. The normalized spacial score (nSPS) is 10.5. The Hall–Kier alpha value is -2.02. The van der Waals surface area contributed by atoms with Crippen molar-refractivity contribution in [1.29, 1.82) is 0 Å². The van der Waals surface area contributed by atoms with E-state index in [0.717, 1.165) is 18.2 Å². The van der Waals surface area contributed by atoms with Gasteiger partial charge in [-0.05, 0) is 40.2 Å². The maximum absolute atomic E-state index is 13.6.